The van der Waals surface area contributed by atoms with Crippen LogP contribution >= 0.6 is 0 Å². The lowest BCUT2D eigenvalue weighted by molar-refractivity contribution is -0.139. The molecule has 0 unspecified atom stereocenters. The topological polar surface area (TPSA) is 96.0 Å². The van der Waals surface area contributed by atoms with Gasteiger partial charge in [0.05, 0.1) is 17.2 Å². The molecule has 3 aromatic carbocycles. The van der Waals surface area contributed by atoms with Crippen molar-refractivity contribution in [3.05, 3.63) is 90.5 Å². The number of nitrogens with zero attached hydrogens (tertiary/aromatic N) is 2. The summed E-state index contributed by atoms with van der Waals surface area (Å²) in [5.41, 5.74) is 1.34. The second-order valence-electron chi connectivity index (χ2n) is 8.89. The van der Waals surface area contributed by atoms with Crippen molar-refractivity contribution < 1.29 is 22.7 Å². The lowest BCUT2D eigenvalue weighted by Gasteiger charge is -2.33. The molecule has 0 aromatic heterocycles. The molecule has 0 bridgehead atoms. The van der Waals surface area contributed by atoms with Gasteiger partial charge in [-0.15, -0.1) is 0 Å². The first-order valence-electron chi connectivity index (χ1n) is 13.2. The molecule has 3 rings (SSSR count). The SMILES string of the molecule is CCNC(=O)[C@@H](CC)N(CCc1ccccc1)C(=O)CN(c1ccc(OCC)cc1)S(=O)(=O)c1ccccc1. The highest BCUT2D eigenvalue weighted by Crippen LogP contribution is 2.26. The fourth-order valence-corrected chi connectivity index (χ4v) is 5.75. The summed E-state index contributed by atoms with van der Waals surface area (Å²) in [5, 5.41) is 2.81. The number of ether oxygens (including phenoxy) is 1. The Balaban J connectivity index is 1.99. The van der Waals surface area contributed by atoms with E-state index in [1.165, 1.54) is 17.0 Å². The lowest BCUT2D eigenvalue weighted by atomic mass is 10.1. The summed E-state index contributed by atoms with van der Waals surface area (Å²) in [4.78, 5) is 28.4. The largest absolute Gasteiger partial charge is 0.494 e. The van der Waals surface area contributed by atoms with E-state index >= 15 is 0 Å². The molecule has 0 aliphatic carbocycles. The van der Waals surface area contributed by atoms with Gasteiger partial charge < -0.3 is 15.0 Å². The maximum atomic E-state index is 13.9. The van der Waals surface area contributed by atoms with Gasteiger partial charge >= 0.3 is 0 Å². The number of carbonyl (C=O) groups is 2. The normalized spacial score (nSPS) is 11.9. The molecule has 8 nitrogen and oxygen atoms in total. The Morgan fingerprint density at radius 1 is 0.872 bits per heavy atom. The van der Waals surface area contributed by atoms with Gasteiger partial charge in [0.1, 0.15) is 18.3 Å². The number of hydrogen-bond donors (Lipinski definition) is 1. The first-order chi connectivity index (χ1) is 18.8. The van der Waals surface area contributed by atoms with Crippen LogP contribution < -0.4 is 14.4 Å². The number of hydrogen-bond acceptors (Lipinski definition) is 5. The van der Waals surface area contributed by atoms with Crippen LogP contribution in [0.5, 0.6) is 5.75 Å². The van der Waals surface area contributed by atoms with Gasteiger partial charge in [0.25, 0.3) is 10.0 Å². The van der Waals surface area contributed by atoms with Gasteiger partial charge in [0, 0.05) is 13.1 Å². The van der Waals surface area contributed by atoms with Crippen molar-refractivity contribution in [1.29, 1.82) is 0 Å². The predicted molar refractivity (Wildman–Crippen MR) is 153 cm³/mol. The lowest BCUT2D eigenvalue weighted by Crippen LogP contribution is -2.53. The Kier molecular flexibility index (Phi) is 10.9. The maximum Gasteiger partial charge on any atom is 0.264 e. The van der Waals surface area contributed by atoms with E-state index < -0.39 is 28.5 Å². The van der Waals surface area contributed by atoms with E-state index in [-0.39, 0.29) is 17.3 Å². The number of nitrogens with one attached hydrogen (secondary N) is 1. The van der Waals surface area contributed by atoms with E-state index in [1.807, 2.05) is 51.1 Å². The quantitative estimate of drug-likeness (QED) is 0.323. The Morgan fingerprint density at radius 3 is 2.05 bits per heavy atom. The molecule has 0 saturated carbocycles. The van der Waals surface area contributed by atoms with Crippen LogP contribution in [-0.4, -0.2) is 57.4 Å². The van der Waals surface area contributed by atoms with Gasteiger partial charge in [0.2, 0.25) is 11.8 Å². The van der Waals surface area contributed by atoms with E-state index in [1.54, 1.807) is 42.5 Å². The summed E-state index contributed by atoms with van der Waals surface area (Å²) in [7, 11) is -4.09. The second-order valence-corrected chi connectivity index (χ2v) is 10.8. The minimum atomic E-state index is -4.09. The molecule has 0 fully saturated rings. The third-order valence-electron chi connectivity index (χ3n) is 6.27. The van der Waals surface area contributed by atoms with Gasteiger partial charge in [-0.05, 0) is 68.7 Å². The van der Waals surface area contributed by atoms with Crippen molar-refractivity contribution in [3.63, 3.8) is 0 Å². The molecule has 1 N–H and O–H groups in total. The Hall–Kier alpha value is -3.85. The van der Waals surface area contributed by atoms with Crippen LogP contribution in [0.15, 0.2) is 89.8 Å². The van der Waals surface area contributed by atoms with E-state index in [4.69, 9.17) is 4.74 Å². The highest BCUT2D eigenvalue weighted by molar-refractivity contribution is 7.92. The summed E-state index contributed by atoms with van der Waals surface area (Å²) < 4.78 is 34.2. The molecule has 0 aliphatic heterocycles. The average Bonchev–Trinajstić information content (AvgIpc) is 2.95. The number of amides is 2. The molecule has 0 radical (unpaired) electrons. The number of anilines is 1. The molecule has 39 heavy (non-hydrogen) atoms. The van der Waals surface area contributed by atoms with Crippen molar-refractivity contribution in [1.82, 2.24) is 10.2 Å². The van der Waals surface area contributed by atoms with Crippen molar-refractivity contribution in [2.45, 2.75) is 44.6 Å². The monoisotopic (exact) mass is 551 g/mol. The average molecular weight is 552 g/mol. The highest BCUT2D eigenvalue weighted by Gasteiger charge is 2.33. The van der Waals surface area contributed by atoms with Crippen LogP contribution in [-0.2, 0) is 26.0 Å². The molecular weight excluding hydrogens is 514 g/mol. The smallest absolute Gasteiger partial charge is 0.264 e. The number of likely N-dealkylation sites (N-methyl/N-ethyl adjacent to an activating group) is 1. The summed E-state index contributed by atoms with van der Waals surface area (Å²) in [6.07, 6.45) is 0.915. The molecule has 208 valence electrons. The van der Waals surface area contributed by atoms with Crippen molar-refractivity contribution in [2.24, 2.45) is 0 Å². The second kappa shape index (κ2) is 14.3. The first-order valence-corrected chi connectivity index (χ1v) is 14.7. The maximum absolute atomic E-state index is 13.9. The molecule has 0 saturated heterocycles. The minimum Gasteiger partial charge on any atom is -0.494 e. The van der Waals surface area contributed by atoms with Crippen LogP contribution in [0.3, 0.4) is 0 Å². The van der Waals surface area contributed by atoms with E-state index in [0.717, 1.165) is 9.87 Å². The third kappa shape index (κ3) is 7.83. The van der Waals surface area contributed by atoms with E-state index in [9.17, 15) is 18.0 Å². The number of carbonyl (C=O) groups excluding carboxylic acids is 2. The van der Waals surface area contributed by atoms with Crippen LogP contribution in [0.25, 0.3) is 0 Å². The van der Waals surface area contributed by atoms with E-state index in [0.29, 0.717) is 37.4 Å². The van der Waals surface area contributed by atoms with Crippen LogP contribution in [0, 0.1) is 0 Å². The van der Waals surface area contributed by atoms with Gasteiger partial charge in [-0.3, -0.25) is 13.9 Å². The van der Waals surface area contributed by atoms with Crippen molar-refractivity contribution in [2.75, 3.05) is 30.5 Å². The zero-order chi connectivity index (χ0) is 28.3. The van der Waals surface area contributed by atoms with E-state index in [2.05, 4.69) is 5.32 Å². The standard InChI is InChI=1S/C30H37N3O5S/c1-4-28(30(35)31-5-2)32(22-21-24-13-9-7-10-14-24)29(34)23-33(25-17-19-26(20-18-25)38-6-3)39(36,37)27-15-11-8-12-16-27/h7-20,28H,4-6,21-23H2,1-3H3,(H,31,35)/t28-/m1/s1. The van der Waals surface area contributed by atoms with Crippen molar-refractivity contribution >= 4 is 27.5 Å². The molecule has 0 heterocycles. The summed E-state index contributed by atoms with van der Waals surface area (Å²) in [6.45, 7) is 6.22. The number of benzene rings is 3. The molecule has 0 aliphatic rings. The Bertz CT molecular complexity index is 1300. The van der Waals surface area contributed by atoms with Crippen molar-refractivity contribution in [3.8, 4) is 5.75 Å². The van der Waals surface area contributed by atoms with Gasteiger partial charge in [-0.2, -0.15) is 0 Å². The fraction of sp³-hybridized carbons (Fsp3) is 0.333. The number of sulfonamides is 1. The zero-order valence-corrected chi connectivity index (χ0v) is 23.6. The molecule has 1 atom stereocenters. The molecular formula is C30H37N3O5S. The third-order valence-corrected chi connectivity index (χ3v) is 8.05. The van der Waals surface area contributed by atoms with Gasteiger partial charge in [-0.1, -0.05) is 55.5 Å². The minimum absolute atomic E-state index is 0.0679. The van der Waals surface area contributed by atoms with Crippen LogP contribution in [0.4, 0.5) is 5.69 Å². The first kappa shape index (κ1) is 29.7. The summed E-state index contributed by atoms with van der Waals surface area (Å²) in [6, 6.07) is 23.5. The Morgan fingerprint density at radius 2 is 1.49 bits per heavy atom. The van der Waals surface area contributed by atoms with Crippen LogP contribution in [0.2, 0.25) is 0 Å². The van der Waals surface area contributed by atoms with Gasteiger partial charge in [0.15, 0.2) is 0 Å². The molecule has 9 heteroatoms. The summed E-state index contributed by atoms with van der Waals surface area (Å²) >= 11 is 0. The predicted octanol–water partition coefficient (Wildman–Crippen LogP) is 4.27. The highest BCUT2D eigenvalue weighted by atomic mass is 32.2. The zero-order valence-electron chi connectivity index (χ0n) is 22.7. The van der Waals surface area contributed by atoms with Crippen LogP contribution in [0.1, 0.15) is 32.8 Å². The molecule has 0 spiro atoms. The number of rotatable bonds is 14. The molecule has 3 aromatic rings. The Labute approximate surface area is 231 Å². The molecule has 2 amide bonds. The van der Waals surface area contributed by atoms with Gasteiger partial charge in [-0.25, -0.2) is 8.42 Å². The fourth-order valence-electron chi connectivity index (χ4n) is 4.31. The summed E-state index contributed by atoms with van der Waals surface area (Å²) in [5.74, 6) is -0.131.